The SMILES string of the molecule is C=CCc1cc(/C=C2/SC(=O)N(CCC)C2=O)cc(OCC)c1OCc1cccc([N+](=O)[O-])c1. The van der Waals surface area contributed by atoms with Crippen molar-refractivity contribution in [3.63, 3.8) is 0 Å². The van der Waals surface area contributed by atoms with Crippen molar-refractivity contribution in [3.05, 3.63) is 80.8 Å². The Bertz CT molecular complexity index is 1140. The fourth-order valence-corrected chi connectivity index (χ4v) is 4.35. The van der Waals surface area contributed by atoms with Crippen LogP contribution in [0, 0.1) is 10.1 Å². The smallest absolute Gasteiger partial charge is 0.293 e. The van der Waals surface area contributed by atoms with E-state index >= 15 is 0 Å². The molecular weight excluding hydrogens is 456 g/mol. The average molecular weight is 483 g/mol. The number of carbonyl (C=O) groups excluding carboxylic acids is 2. The molecule has 1 aliphatic rings. The van der Waals surface area contributed by atoms with E-state index in [2.05, 4.69) is 6.58 Å². The van der Waals surface area contributed by atoms with E-state index in [0.29, 0.717) is 53.5 Å². The lowest BCUT2D eigenvalue weighted by Gasteiger charge is -2.17. The van der Waals surface area contributed by atoms with Crippen LogP contribution in [-0.4, -0.2) is 34.1 Å². The van der Waals surface area contributed by atoms with Gasteiger partial charge in [0.1, 0.15) is 6.61 Å². The Kier molecular flexibility index (Phi) is 8.48. The third kappa shape index (κ3) is 5.85. The van der Waals surface area contributed by atoms with Gasteiger partial charge in [-0.3, -0.25) is 24.6 Å². The van der Waals surface area contributed by atoms with E-state index in [1.807, 2.05) is 19.9 Å². The second-order valence-electron chi connectivity index (χ2n) is 7.48. The quantitative estimate of drug-likeness (QED) is 0.174. The van der Waals surface area contributed by atoms with Crippen LogP contribution in [0.3, 0.4) is 0 Å². The van der Waals surface area contributed by atoms with Crippen LogP contribution in [0.1, 0.15) is 37.0 Å². The highest BCUT2D eigenvalue weighted by Gasteiger charge is 2.34. The second-order valence-corrected chi connectivity index (χ2v) is 8.48. The molecule has 0 saturated carbocycles. The van der Waals surface area contributed by atoms with Gasteiger partial charge in [0.25, 0.3) is 16.8 Å². The Labute approximate surface area is 202 Å². The lowest BCUT2D eigenvalue weighted by atomic mass is 10.0. The summed E-state index contributed by atoms with van der Waals surface area (Å²) in [5.41, 5.74) is 2.12. The maximum atomic E-state index is 12.6. The van der Waals surface area contributed by atoms with Gasteiger partial charge in [-0.2, -0.15) is 0 Å². The molecule has 1 heterocycles. The molecule has 3 rings (SSSR count). The number of nitro groups is 1. The number of nitro benzene ring substituents is 1. The standard InChI is InChI=1S/C25H26N2O6S/c1-4-8-19-12-18(15-22-24(28)26(11-5-2)25(29)34-22)14-21(32-6-3)23(19)33-16-17-9-7-10-20(13-17)27(30)31/h4,7,9-10,12-15H,1,5-6,8,11,16H2,2-3H3/b22-15+. The number of nitrogens with zero attached hydrogens (tertiary/aromatic N) is 2. The number of hydrogen-bond acceptors (Lipinski definition) is 7. The fourth-order valence-electron chi connectivity index (χ4n) is 3.48. The van der Waals surface area contributed by atoms with Gasteiger partial charge in [-0.15, -0.1) is 6.58 Å². The van der Waals surface area contributed by atoms with Crippen molar-refractivity contribution in [2.45, 2.75) is 33.3 Å². The van der Waals surface area contributed by atoms with E-state index in [1.54, 1.807) is 30.4 Å². The summed E-state index contributed by atoms with van der Waals surface area (Å²) >= 11 is 0.922. The Morgan fingerprint density at radius 3 is 2.65 bits per heavy atom. The van der Waals surface area contributed by atoms with Crippen LogP contribution in [0.2, 0.25) is 0 Å². The molecule has 2 amide bonds. The topological polar surface area (TPSA) is 99.0 Å². The molecule has 2 aromatic rings. The third-order valence-electron chi connectivity index (χ3n) is 4.94. The van der Waals surface area contributed by atoms with Crippen LogP contribution in [-0.2, 0) is 17.8 Å². The number of ether oxygens (including phenoxy) is 2. The number of allylic oxidation sites excluding steroid dienone is 1. The molecule has 9 heteroatoms. The molecule has 0 spiro atoms. The highest BCUT2D eigenvalue weighted by atomic mass is 32.2. The van der Waals surface area contributed by atoms with Gasteiger partial charge in [-0.05, 0) is 60.9 Å². The summed E-state index contributed by atoms with van der Waals surface area (Å²) < 4.78 is 11.9. The first-order valence-corrected chi connectivity index (χ1v) is 11.7. The van der Waals surface area contributed by atoms with E-state index in [0.717, 1.165) is 17.3 Å². The van der Waals surface area contributed by atoms with E-state index in [-0.39, 0.29) is 23.4 Å². The van der Waals surface area contributed by atoms with Crippen molar-refractivity contribution in [3.8, 4) is 11.5 Å². The summed E-state index contributed by atoms with van der Waals surface area (Å²) in [6.07, 6.45) is 4.58. The maximum absolute atomic E-state index is 12.6. The zero-order valence-corrected chi connectivity index (χ0v) is 19.9. The molecule has 0 radical (unpaired) electrons. The van der Waals surface area contributed by atoms with Gasteiger partial charge in [0, 0.05) is 24.2 Å². The number of hydrogen-bond donors (Lipinski definition) is 0. The number of carbonyl (C=O) groups is 2. The molecule has 1 fully saturated rings. The molecular formula is C25H26N2O6S. The van der Waals surface area contributed by atoms with Gasteiger partial charge in [0.2, 0.25) is 0 Å². The first kappa shape index (κ1) is 25.0. The van der Waals surface area contributed by atoms with Gasteiger partial charge in [-0.25, -0.2) is 0 Å². The van der Waals surface area contributed by atoms with Gasteiger partial charge in [0.15, 0.2) is 11.5 Å². The van der Waals surface area contributed by atoms with Gasteiger partial charge >= 0.3 is 0 Å². The largest absolute Gasteiger partial charge is 0.490 e. The molecule has 0 atom stereocenters. The minimum atomic E-state index is -0.449. The molecule has 1 saturated heterocycles. The normalized spacial score (nSPS) is 14.5. The zero-order chi connectivity index (χ0) is 24.7. The lowest BCUT2D eigenvalue weighted by molar-refractivity contribution is -0.384. The summed E-state index contributed by atoms with van der Waals surface area (Å²) in [6, 6.07) is 9.87. The van der Waals surface area contributed by atoms with Gasteiger partial charge in [0.05, 0.1) is 16.4 Å². The Morgan fingerprint density at radius 2 is 1.97 bits per heavy atom. The second kappa shape index (κ2) is 11.5. The molecule has 178 valence electrons. The lowest BCUT2D eigenvalue weighted by Crippen LogP contribution is -2.28. The number of non-ortho nitro benzene ring substituents is 1. The number of amides is 2. The van der Waals surface area contributed by atoms with Crippen molar-refractivity contribution < 1.29 is 24.0 Å². The summed E-state index contributed by atoms with van der Waals surface area (Å²) in [5.74, 6) is 0.682. The summed E-state index contributed by atoms with van der Waals surface area (Å²) in [7, 11) is 0. The zero-order valence-electron chi connectivity index (χ0n) is 19.1. The molecule has 34 heavy (non-hydrogen) atoms. The number of imide groups is 1. The Hall–Kier alpha value is -3.59. The molecule has 8 nitrogen and oxygen atoms in total. The van der Waals surface area contributed by atoms with E-state index in [1.165, 1.54) is 17.0 Å². The summed E-state index contributed by atoms with van der Waals surface area (Å²) in [6.45, 7) is 8.46. The van der Waals surface area contributed by atoms with Crippen molar-refractivity contribution in [1.82, 2.24) is 4.90 Å². The first-order valence-electron chi connectivity index (χ1n) is 10.9. The minimum absolute atomic E-state index is 0.00943. The fraction of sp³-hybridized carbons (Fsp3) is 0.280. The third-order valence-corrected chi connectivity index (χ3v) is 5.85. The van der Waals surface area contributed by atoms with Crippen molar-refractivity contribution >= 4 is 34.7 Å². The maximum Gasteiger partial charge on any atom is 0.293 e. The molecule has 0 bridgehead atoms. The van der Waals surface area contributed by atoms with Crippen LogP contribution in [0.5, 0.6) is 11.5 Å². The predicted molar refractivity (Wildman–Crippen MR) is 132 cm³/mol. The first-order chi connectivity index (χ1) is 16.4. The van der Waals surface area contributed by atoms with Crippen LogP contribution in [0.25, 0.3) is 6.08 Å². The highest BCUT2D eigenvalue weighted by Crippen LogP contribution is 2.38. The van der Waals surface area contributed by atoms with E-state index < -0.39 is 4.92 Å². The van der Waals surface area contributed by atoms with Crippen molar-refractivity contribution in [2.75, 3.05) is 13.2 Å². The van der Waals surface area contributed by atoms with Crippen LogP contribution in [0.4, 0.5) is 10.5 Å². The molecule has 0 N–H and O–H groups in total. The predicted octanol–water partition coefficient (Wildman–Crippen LogP) is 5.75. The van der Waals surface area contributed by atoms with E-state index in [9.17, 15) is 19.7 Å². The average Bonchev–Trinajstić information content (AvgIpc) is 3.07. The van der Waals surface area contributed by atoms with Crippen LogP contribution >= 0.6 is 11.8 Å². The highest BCUT2D eigenvalue weighted by molar-refractivity contribution is 8.18. The number of rotatable bonds is 11. The molecule has 0 aliphatic carbocycles. The molecule has 2 aromatic carbocycles. The summed E-state index contributed by atoms with van der Waals surface area (Å²) in [5, 5.41) is 10.8. The van der Waals surface area contributed by atoms with Crippen molar-refractivity contribution in [1.29, 1.82) is 0 Å². The van der Waals surface area contributed by atoms with Crippen LogP contribution < -0.4 is 9.47 Å². The number of thioether (sulfide) groups is 1. The van der Waals surface area contributed by atoms with E-state index in [4.69, 9.17) is 9.47 Å². The van der Waals surface area contributed by atoms with Gasteiger partial charge < -0.3 is 9.47 Å². The van der Waals surface area contributed by atoms with Crippen LogP contribution in [0.15, 0.2) is 54.0 Å². The summed E-state index contributed by atoms with van der Waals surface area (Å²) in [4.78, 5) is 37.0. The minimum Gasteiger partial charge on any atom is -0.490 e. The van der Waals surface area contributed by atoms with Crippen molar-refractivity contribution in [2.24, 2.45) is 0 Å². The van der Waals surface area contributed by atoms with Gasteiger partial charge in [-0.1, -0.05) is 25.1 Å². The Balaban J connectivity index is 1.94. The molecule has 1 aliphatic heterocycles. The Morgan fingerprint density at radius 1 is 1.18 bits per heavy atom. The molecule has 0 aromatic heterocycles. The monoisotopic (exact) mass is 482 g/mol. The molecule has 0 unspecified atom stereocenters. The number of benzene rings is 2.